The van der Waals surface area contributed by atoms with E-state index in [4.69, 9.17) is 9.79 Å². The van der Waals surface area contributed by atoms with Gasteiger partial charge < -0.3 is 14.3 Å². The number of hydrogen-bond acceptors (Lipinski definition) is 3. The van der Waals surface area contributed by atoms with Gasteiger partial charge in [-0.15, -0.1) is 0 Å². The second kappa shape index (κ2) is 2.96. The molecule has 0 unspecified atom stereocenters. The Bertz CT molecular complexity index is 299. The molecule has 0 rings (SSSR count). The molecule has 2 N–H and O–H groups in total. The van der Waals surface area contributed by atoms with Crippen molar-refractivity contribution in [1.82, 2.24) is 0 Å². The number of rotatable bonds is 2. The molecular formula is CH2F3NO5PS-. The maximum atomic E-state index is 11.3. The smallest absolute Gasteiger partial charge is 0.435 e. The Morgan fingerprint density at radius 3 is 1.67 bits per heavy atom. The molecule has 0 aromatic heterocycles. The predicted molar refractivity (Wildman–Crippen MR) is 30.4 cm³/mol. The van der Waals surface area contributed by atoms with Crippen molar-refractivity contribution in [2.45, 2.75) is 5.51 Å². The van der Waals surface area contributed by atoms with Crippen LogP contribution in [0.5, 0.6) is 0 Å². The quantitative estimate of drug-likeness (QED) is 0.661. The van der Waals surface area contributed by atoms with Crippen LogP contribution in [0, 0.1) is 0 Å². The van der Waals surface area contributed by atoms with Crippen LogP contribution < -0.4 is 0 Å². The van der Waals surface area contributed by atoms with Gasteiger partial charge in [0.15, 0.2) is 10.0 Å². The van der Waals surface area contributed by atoms with Crippen LogP contribution in [0.4, 0.5) is 13.2 Å². The van der Waals surface area contributed by atoms with Gasteiger partial charge in [-0.05, 0) is 0 Å². The Labute approximate surface area is 64.7 Å². The highest BCUT2D eigenvalue weighted by molar-refractivity contribution is 8.01. The zero-order valence-corrected chi connectivity index (χ0v) is 6.77. The van der Waals surface area contributed by atoms with Crippen molar-refractivity contribution in [3.63, 3.8) is 0 Å². The van der Waals surface area contributed by atoms with Crippen LogP contribution in [0.1, 0.15) is 0 Å². The minimum absolute atomic E-state index is 1.33. The zero-order valence-electron chi connectivity index (χ0n) is 5.06. The third kappa shape index (κ3) is 3.50. The Balaban J connectivity index is 4.83. The van der Waals surface area contributed by atoms with Gasteiger partial charge in [0.25, 0.3) is 0 Å². The molecule has 0 aliphatic carbocycles. The Morgan fingerprint density at radius 1 is 1.25 bits per heavy atom. The molecule has 0 saturated heterocycles. The number of halogens is 3. The normalized spacial score (nSPS) is 14.8. The van der Waals surface area contributed by atoms with Gasteiger partial charge in [0.2, 0.25) is 7.75 Å². The topological polar surface area (TPSA) is 106 Å². The van der Waals surface area contributed by atoms with Gasteiger partial charge in [-0.3, -0.25) is 4.57 Å². The van der Waals surface area contributed by atoms with Crippen LogP contribution in [-0.4, -0.2) is 23.7 Å². The average Bonchev–Trinajstić information content (AvgIpc) is 1.52. The van der Waals surface area contributed by atoms with Crippen molar-refractivity contribution in [1.29, 1.82) is 0 Å². The van der Waals surface area contributed by atoms with E-state index >= 15 is 0 Å². The first-order valence-electron chi connectivity index (χ1n) is 2.07. The SMILES string of the molecule is O=P(O)(O)[N-]S(=O)(=O)C(F)(F)F. The fourth-order valence-corrected chi connectivity index (χ4v) is 1.68. The van der Waals surface area contributed by atoms with Gasteiger partial charge in [0, 0.05) is 0 Å². The molecule has 0 spiro atoms. The standard InChI is InChI=1S/CH2F3NO5PS/c2-1(3,4)12(9,10)5-11(6,7)8/h(H2-,5,6,7,8)/q-1. The first-order valence-corrected chi connectivity index (χ1v) is 5.07. The molecule has 0 fully saturated rings. The van der Waals surface area contributed by atoms with Crippen LogP contribution in [0.15, 0.2) is 0 Å². The van der Waals surface area contributed by atoms with Crippen LogP contribution in [-0.2, 0) is 14.6 Å². The molecule has 0 aromatic rings. The minimum Gasteiger partial charge on any atom is -0.435 e. The summed E-state index contributed by atoms with van der Waals surface area (Å²) in [7, 11) is -11.7. The van der Waals surface area contributed by atoms with Gasteiger partial charge in [-0.25, -0.2) is 8.42 Å². The maximum absolute atomic E-state index is 11.3. The molecule has 0 aliphatic rings. The first-order chi connectivity index (χ1) is 4.96. The van der Waals surface area contributed by atoms with Gasteiger partial charge in [0.05, 0.1) is 0 Å². The molecule has 0 heterocycles. The van der Waals surface area contributed by atoms with Crippen LogP contribution in [0.2, 0.25) is 0 Å². The van der Waals surface area contributed by atoms with E-state index in [1.807, 2.05) is 0 Å². The lowest BCUT2D eigenvalue weighted by molar-refractivity contribution is -0.0425. The van der Waals surface area contributed by atoms with Crippen molar-refractivity contribution in [3.05, 3.63) is 4.49 Å². The van der Waals surface area contributed by atoms with Gasteiger partial charge in [-0.1, -0.05) is 0 Å². The molecule has 0 saturated carbocycles. The summed E-state index contributed by atoms with van der Waals surface area (Å²) < 4.78 is 64.9. The van der Waals surface area contributed by atoms with E-state index in [-0.39, 0.29) is 0 Å². The summed E-state index contributed by atoms with van der Waals surface area (Å²) >= 11 is 0. The minimum atomic E-state index is -6.09. The summed E-state index contributed by atoms with van der Waals surface area (Å²) in [6.45, 7) is 0. The molecule has 0 atom stereocenters. The van der Waals surface area contributed by atoms with Crippen LogP contribution in [0.25, 0.3) is 4.49 Å². The molecule has 0 aliphatic heterocycles. The van der Waals surface area contributed by atoms with Crippen molar-refractivity contribution in [2.24, 2.45) is 0 Å². The van der Waals surface area contributed by atoms with E-state index in [0.29, 0.717) is 0 Å². The highest BCUT2D eigenvalue weighted by atomic mass is 32.2. The van der Waals surface area contributed by atoms with Crippen molar-refractivity contribution < 1.29 is 35.9 Å². The summed E-state index contributed by atoms with van der Waals surface area (Å²) in [5, 5.41) is 0. The second-order valence-electron chi connectivity index (χ2n) is 1.52. The first kappa shape index (κ1) is 11.8. The lowest BCUT2D eigenvalue weighted by atomic mass is 11.6. The fourth-order valence-electron chi connectivity index (χ4n) is 0.186. The van der Waals surface area contributed by atoms with E-state index in [9.17, 15) is 26.2 Å². The summed E-state index contributed by atoms with van der Waals surface area (Å²) in [6.07, 6.45) is 0. The third-order valence-corrected chi connectivity index (χ3v) is 2.80. The van der Waals surface area contributed by atoms with Crippen LogP contribution >= 0.6 is 7.75 Å². The lowest BCUT2D eigenvalue weighted by Crippen LogP contribution is -2.21. The van der Waals surface area contributed by atoms with Crippen molar-refractivity contribution >= 4 is 17.8 Å². The second-order valence-corrected chi connectivity index (χ2v) is 4.61. The van der Waals surface area contributed by atoms with Crippen molar-refractivity contribution in [2.75, 3.05) is 0 Å². The van der Waals surface area contributed by atoms with Crippen molar-refractivity contribution in [3.8, 4) is 0 Å². The molecule has 6 nitrogen and oxygen atoms in total. The fraction of sp³-hybridized carbons (Fsp3) is 1.00. The monoisotopic (exact) mass is 228 g/mol. The van der Waals surface area contributed by atoms with Gasteiger partial charge >= 0.3 is 5.51 Å². The molecule has 0 radical (unpaired) electrons. The molecular weight excluding hydrogens is 226 g/mol. The number of nitrogens with zero attached hydrogens (tertiary/aromatic N) is 1. The molecule has 0 aromatic carbocycles. The Morgan fingerprint density at radius 2 is 1.58 bits per heavy atom. The summed E-state index contributed by atoms with van der Waals surface area (Å²) in [5.74, 6) is 0. The summed E-state index contributed by atoms with van der Waals surface area (Å²) in [4.78, 5) is 15.6. The molecule has 0 bridgehead atoms. The molecule has 0 amide bonds. The molecule has 74 valence electrons. The van der Waals surface area contributed by atoms with E-state index in [0.717, 1.165) is 0 Å². The van der Waals surface area contributed by atoms with Gasteiger partial charge in [0.1, 0.15) is 0 Å². The largest absolute Gasteiger partial charge is 0.480 e. The molecule has 11 heteroatoms. The lowest BCUT2D eigenvalue weighted by Gasteiger charge is -2.22. The summed E-state index contributed by atoms with van der Waals surface area (Å²) in [5.41, 5.74) is -5.78. The van der Waals surface area contributed by atoms with E-state index < -0.39 is 23.3 Å². The maximum Gasteiger partial charge on any atom is 0.480 e. The predicted octanol–water partition coefficient (Wildman–Crippen LogP) is 0.302. The highest BCUT2D eigenvalue weighted by Crippen LogP contribution is 2.48. The van der Waals surface area contributed by atoms with Gasteiger partial charge in [-0.2, -0.15) is 13.2 Å². The number of alkyl halides is 3. The summed E-state index contributed by atoms with van der Waals surface area (Å²) in [6, 6.07) is 0. The Hall–Kier alpha value is -0.150. The number of hydrogen-bond donors (Lipinski definition) is 2. The Kier molecular flexibility index (Phi) is 2.93. The van der Waals surface area contributed by atoms with Crippen LogP contribution in [0.3, 0.4) is 0 Å². The average molecular weight is 228 g/mol. The third-order valence-electron chi connectivity index (χ3n) is 0.506. The van der Waals surface area contributed by atoms with E-state index in [1.165, 1.54) is 4.49 Å². The highest BCUT2D eigenvalue weighted by Gasteiger charge is 2.40. The molecule has 12 heavy (non-hydrogen) atoms. The van der Waals surface area contributed by atoms with E-state index in [2.05, 4.69) is 0 Å². The number of sulfonamides is 1. The zero-order chi connectivity index (χ0) is 10.2. The van der Waals surface area contributed by atoms with E-state index in [1.54, 1.807) is 0 Å².